The second-order valence-electron chi connectivity index (χ2n) is 11.1. The lowest BCUT2D eigenvalue weighted by Gasteiger charge is -2.59. The molecule has 5 nitrogen and oxygen atoms in total. The van der Waals surface area contributed by atoms with E-state index in [-0.39, 0.29) is 5.54 Å². The SMILES string of the molecule is CC12CC3CC(C1)C(/C(=N/NC(C)(C)C)c1c([B]O)cnc4[nH]ccc14)C(C3)C2. The summed E-state index contributed by atoms with van der Waals surface area (Å²) in [5.74, 6) is 2.69. The molecule has 2 atom stereocenters. The highest BCUT2D eigenvalue weighted by molar-refractivity contribution is 6.49. The Morgan fingerprint density at radius 1 is 1.28 bits per heavy atom. The van der Waals surface area contributed by atoms with E-state index in [0.717, 1.165) is 33.7 Å². The predicted molar refractivity (Wildman–Crippen MR) is 118 cm³/mol. The van der Waals surface area contributed by atoms with E-state index in [0.29, 0.717) is 23.2 Å². The summed E-state index contributed by atoms with van der Waals surface area (Å²) in [4.78, 5) is 7.72. The number of nitrogens with one attached hydrogen (secondary N) is 2. The topological polar surface area (TPSA) is 73.3 Å². The monoisotopic (exact) mass is 391 g/mol. The molecule has 0 aliphatic heterocycles. The van der Waals surface area contributed by atoms with Crippen LogP contribution in [0.5, 0.6) is 0 Å². The summed E-state index contributed by atoms with van der Waals surface area (Å²) in [6.45, 7) is 8.93. The first kappa shape index (κ1) is 19.2. The Kier molecular flexibility index (Phi) is 4.36. The van der Waals surface area contributed by atoms with Crippen LogP contribution in [0.1, 0.15) is 65.4 Å². The van der Waals surface area contributed by atoms with Crippen molar-refractivity contribution in [3.05, 3.63) is 24.0 Å². The van der Waals surface area contributed by atoms with E-state index in [9.17, 15) is 5.02 Å². The lowest BCUT2D eigenvalue weighted by Crippen LogP contribution is -2.53. The molecule has 3 N–H and O–H groups in total. The van der Waals surface area contributed by atoms with Crippen LogP contribution in [0.3, 0.4) is 0 Å². The van der Waals surface area contributed by atoms with Gasteiger partial charge in [0, 0.05) is 34.8 Å². The van der Waals surface area contributed by atoms with Gasteiger partial charge >= 0.3 is 7.48 Å². The first-order chi connectivity index (χ1) is 13.8. The number of hydrogen-bond acceptors (Lipinski definition) is 4. The highest BCUT2D eigenvalue weighted by atomic mass is 16.2. The summed E-state index contributed by atoms with van der Waals surface area (Å²) in [6.07, 6.45) is 10.4. The Balaban J connectivity index is 1.66. The minimum absolute atomic E-state index is 0.115. The number of aromatic amines is 1. The van der Waals surface area contributed by atoms with Gasteiger partial charge in [0.25, 0.3) is 0 Å². The van der Waals surface area contributed by atoms with Gasteiger partial charge in [0.1, 0.15) is 5.65 Å². The highest BCUT2D eigenvalue weighted by Gasteiger charge is 2.55. The van der Waals surface area contributed by atoms with Crippen LogP contribution in [0.4, 0.5) is 0 Å². The first-order valence-corrected chi connectivity index (χ1v) is 11.0. The third-order valence-corrected chi connectivity index (χ3v) is 7.42. The van der Waals surface area contributed by atoms with Crippen molar-refractivity contribution in [3.8, 4) is 0 Å². The van der Waals surface area contributed by atoms with Crippen LogP contribution >= 0.6 is 0 Å². The largest absolute Gasteiger partial charge is 0.450 e. The Morgan fingerprint density at radius 3 is 2.62 bits per heavy atom. The molecule has 2 heterocycles. The van der Waals surface area contributed by atoms with Crippen molar-refractivity contribution < 1.29 is 5.02 Å². The molecule has 4 fully saturated rings. The van der Waals surface area contributed by atoms with Gasteiger partial charge in [-0.1, -0.05) is 6.92 Å². The Labute approximate surface area is 174 Å². The molecule has 4 saturated carbocycles. The average molecular weight is 391 g/mol. The maximum absolute atomic E-state index is 10.0. The van der Waals surface area contributed by atoms with E-state index in [1.54, 1.807) is 6.20 Å². The van der Waals surface area contributed by atoms with E-state index in [4.69, 9.17) is 5.10 Å². The average Bonchev–Trinajstić information content (AvgIpc) is 3.10. The van der Waals surface area contributed by atoms with Crippen molar-refractivity contribution in [3.63, 3.8) is 0 Å². The van der Waals surface area contributed by atoms with Gasteiger partial charge in [-0.25, -0.2) is 4.98 Å². The number of nitrogens with zero attached hydrogens (tertiary/aromatic N) is 2. The second kappa shape index (κ2) is 6.59. The molecule has 0 spiro atoms. The summed E-state index contributed by atoms with van der Waals surface area (Å²) < 4.78 is 0. The molecule has 2 unspecified atom stereocenters. The molecular formula is C23H32BN4O. The van der Waals surface area contributed by atoms with E-state index >= 15 is 0 Å². The molecule has 4 aliphatic carbocycles. The van der Waals surface area contributed by atoms with Gasteiger partial charge in [-0.05, 0) is 87.6 Å². The summed E-state index contributed by atoms with van der Waals surface area (Å²) in [7, 11) is 1.19. The summed E-state index contributed by atoms with van der Waals surface area (Å²) >= 11 is 0. The molecule has 6 rings (SSSR count). The molecule has 6 heteroatoms. The Hall–Kier alpha value is -1.82. The quantitative estimate of drug-likeness (QED) is 0.425. The first-order valence-electron chi connectivity index (χ1n) is 11.0. The minimum atomic E-state index is -0.115. The maximum Gasteiger partial charge on any atom is 0.329 e. The molecule has 2 aromatic heterocycles. The van der Waals surface area contributed by atoms with E-state index in [1.165, 1.54) is 39.6 Å². The van der Waals surface area contributed by atoms with Crippen LogP contribution < -0.4 is 10.9 Å². The maximum atomic E-state index is 10.0. The summed E-state index contributed by atoms with van der Waals surface area (Å²) in [5.41, 5.74) is 7.57. The van der Waals surface area contributed by atoms with Crippen LogP contribution in [0.15, 0.2) is 23.6 Å². The van der Waals surface area contributed by atoms with Gasteiger partial charge < -0.3 is 15.4 Å². The Bertz CT molecular complexity index is 943. The molecule has 153 valence electrons. The third-order valence-electron chi connectivity index (χ3n) is 7.42. The van der Waals surface area contributed by atoms with Gasteiger partial charge in [-0.3, -0.25) is 0 Å². The number of pyridine rings is 1. The zero-order valence-corrected chi connectivity index (χ0v) is 18.0. The van der Waals surface area contributed by atoms with Crippen LogP contribution in [-0.4, -0.2) is 33.7 Å². The number of fused-ring (bicyclic) bond motifs is 1. The fourth-order valence-corrected chi connectivity index (χ4v) is 6.81. The van der Waals surface area contributed by atoms with Crippen molar-refractivity contribution in [2.75, 3.05) is 0 Å². The standard InChI is InChI=1S/C23H32BN4O/c1-22(2,3)28-27-20(19-16-5-6-25-21(16)26-12-17(19)24-29)18-14-7-13-8-15(18)11-23(4,9-13)10-14/h5-6,12-15,18,28-29H,7-11H2,1-4H3,(H,25,26)/b27-20-. The number of H-pyrrole nitrogens is 1. The summed E-state index contributed by atoms with van der Waals surface area (Å²) in [6, 6.07) is 2.06. The van der Waals surface area contributed by atoms with Crippen LogP contribution in [0.2, 0.25) is 0 Å². The lowest BCUT2D eigenvalue weighted by atomic mass is 9.45. The van der Waals surface area contributed by atoms with Crippen molar-refractivity contribution in [1.82, 2.24) is 15.4 Å². The van der Waals surface area contributed by atoms with Crippen molar-refractivity contribution in [1.29, 1.82) is 0 Å². The number of hydrazone groups is 1. The number of aromatic nitrogens is 2. The van der Waals surface area contributed by atoms with Gasteiger partial charge in [0.2, 0.25) is 0 Å². The fourth-order valence-electron chi connectivity index (χ4n) is 6.81. The molecule has 4 bridgehead atoms. The Morgan fingerprint density at radius 2 is 2.00 bits per heavy atom. The van der Waals surface area contributed by atoms with Gasteiger partial charge in [-0.2, -0.15) is 5.10 Å². The van der Waals surface area contributed by atoms with E-state index in [2.05, 4.69) is 49.2 Å². The predicted octanol–water partition coefficient (Wildman–Crippen LogP) is 3.35. The normalized spacial score (nSPS) is 34.0. The molecule has 0 saturated heterocycles. The molecule has 29 heavy (non-hydrogen) atoms. The fraction of sp³-hybridized carbons (Fsp3) is 0.652. The minimum Gasteiger partial charge on any atom is -0.450 e. The zero-order valence-electron chi connectivity index (χ0n) is 18.0. The molecule has 0 aromatic carbocycles. The van der Waals surface area contributed by atoms with Crippen LogP contribution in [0, 0.1) is 29.1 Å². The molecule has 1 radical (unpaired) electrons. The number of rotatable bonds is 4. The van der Waals surface area contributed by atoms with Gasteiger partial charge in [0.15, 0.2) is 0 Å². The summed E-state index contributed by atoms with van der Waals surface area (Å²) in [5, 5.41) is 16.1. The van der Waals surface area contributed by atoms with E-state index < -0.39 is 0 Å². The smallest absolute Gasteiger partial charge is 0.329 e. The number of hydrogen-bond donors (Lipinski definition) is 3. The van der Waals surface area contributed by atoms with Crippen molar-refractivity contribution in [2.24, 2.45) is 34.2 Å². The third kappa shape index (κ3) is 3.29. The molecule has 0 amide bonds. The van der Waals surface area contributed by atoms with Crippen LogP contribution in [-0.2, 0) is 0 Å². The van der Waals surface area contributed by atoms with Gasteiger partial charge in [-0.15, -0.1) is 0 Å². The lowest BCUT2D eigenvalue weighted by molar-refractivity contribution is -0.0636. The highest BCUT2D eigenvalue weighted by Crippen LogP contribution is 2.62. The zero-order chi connectivity index (χ0) is 20.4. The van der Waals surface area contributed by atoms with Crippen molar-refractivity contribution in [2.45, 2.75) is 65.3 Å². The molecular weight excluding hydrogens is 359 g/mol. The van der Waals surface area contributed by atoms with Crippen LogP contribution in [0.25, 0.3) is 11.0 Å². The van der Waals surface area contributed by atoms with Gasteiger partial charge in [0.05, 0.1) is 5.71 Å². The molecule has 2 aromatic rings. The van der Waals surface area contributed by atoms with Crippen molar-refractivity contribution >= 4 is 29.7 Å². The molecule has 4 aliphatic rings. The van der Waals surface area contributed by atoms with E-state index in [1.807, 2.05) is 6.20 Å². The second-order valence-corrected chi connectivity index (χ2v) is 11.1.